The Bertz CT molecular complexity index is 988. The van der Waals surface area contributed by atoms with Crippen molar-refractivity contribution in [3.8, 4) is 10.6 Å². The smallest absolute Gasteiger partial charge is 0.222 e. The molecule has 144 valence electrons. The first kappa shape index (κ1) is 18.4. The zero-order chi connectivity index (χ0) is 19.5. The number of nitrogens with zero attached hydrogens (tertiary/aromatic N) is 4. The number of amides is 1. The first-order chi connectivity index (χ1) is 13.6. The molecule has 3 N–H and O–H groups in total. The lowest BCUT2D eigenvalue weighted by molar-refractivity contribution is -0.122. The van der Waals surface area contributed by atoms with Crippen LogP contribution in [0.5, 0.6) is 0 Å². The van der Waals surface area contributed by atoms with Gasteiger partial charge in [0.2, 0.25) is 5.91 Å². The number of anilines is 3. The van der Waals surface area contributed by atoms with Gasteiger partial charge in [0.1, 0.15) is 11.6 Å². The van der Waals surface area contributed by atoms with Gasteiger partial charge in [-0.3, -0.25) is 4.79 Å². The van der Waals surface area contributed by atoms with Crippen LogP contribution in [0.2, 0.25) is 0 Å². The lowest BCUT2D eigenvalue weighted by Crippen LogP contribution is -2.41. The molecule has 1 aliphatic rings. The minimum absolute atomic E-state index is 0.103. The minimum Gasteiger partial charge on any atom is -0.369 e. The predicted molar refractivity (Wildman–Crippen MR) is 112 cm³/mol. The molecule has 0 aliphatic carbocycles. The van der Waals surface area contributed by atoms with Crippen molar-refractivity contribution in [1.82, 2.24) is 15.0 Å². The Morgan fingerprint density at radius 1 is 1.29 bits per heavy atom. The summed E-state index contributed by atoms with van der Waals surface area (Å²) >= 11 is 1.58. The van der Waals surface area contributed by atoms with Gasteiger partial charge in [0, 0.05) is 25.5 Å². The van der Waals surface area contributed by atoms with Crippen LogP contribution in [0.1, 0.15) is 18.4 Å². The number of hydrogen-bond donors (Lipinski definition) is 2. The lowest BCUT2D eigenvalue weighted by Gasteiger charge is -2.30. The SMILES string of the molecule is Cc1ccnc(Nc2cccc(-c3cnc(N4CCC[C@@H](C(N)=O)C4)s3)n2)c1. The summed E-state index contributed by atoms with van der Waals surface area (Å²) in [6.45, 7) is 3.56. The summed E-state index contributed by atoms with van der Waals surface area (Å²) in [6.07, 6.45) is 5.41. The number of primary amides is 1. The first-order valence-electron chi connectivity index (χ1n) is 9.26. The summed E-state index contributed by atoms with van der Waals surface area (Å²) in [5, 5.41) is 4.15. The summed E-state index contributed by atoms with van der Waals surface area (Å²) in [7, 11) is 0. The number of carbonyl (C=O) groups is 1. The zero-order valence-electron chi connectivity index (χ0n) is 15.6. The van der Waals surface area contributed by atoms with E-state index < -0.39 is 0 Å². The highest BCUT2D eigenvalue weighted by Crippen LogP contribution is 2.33. The van der Waals surface area contributed by atoms with Crippen LogP contribution in [0.15, 0.2) is 42.7 Å². The van der Waals surface area contributed by atoms with Crippen LogP contribution in [0.3, 0.4) is 0 Å². The Balaban J connectivity index is 1.51. The molecule has 0 saturated carbocycles. The molecule has 0 bridgehead atoms. The molecular weight excluding hydrogens is 372 g/mol. The maximum absolute atomic E-state index is 11.5. The number of thiazole rings is 1. The summed E-state index contributed by atoms with van der Waals surface area (Å²) in [4.78, 5) is 28.2. The molecule has 7 nitrogen and oxygen atoms in total. The van der Waals surface area contributed by atoms with Gasteiger partial charge in [0.25, 0.3) is 0 Å². The van der Waals surface area contributed by atoms with Gasteiger partial charge < -0.3 is 16.0 Å². The standard InChI is InChI=1S/C20H22N6OS/c1-13-7-8-22-18(10-13)25-17-6-2-5-15(24-17)16-11-23-20(28-16)26-9-3-4-14(12-26)19(21)27/h2,5-8,10-11,14H,3-4,9,12H2,1H3,(H2,21,27)(H,22,24,25)/t14-/m1/s1. The molecule has 28 heavy (non-hydrogen) atoms. The summed E-state index contributed by atoms with van der Waals surface area (Å²) in [6, 6.07) is 9.78. The summed E-state index contributed by atoms with van der Waals surface area (Å²) < 4.78 is 0. The Kier molecular flexibility index (Phi) is 5.21. The van der Waals surface area contributed by atoms with E-state index in [2.05, 4.69) is 20.2 Å². The first-order valence-corrected chi connectivity index (χ1v) is 10.1. The zero-order valence-corrected chi connectivity index (χ0v) is 16.4. The normalized spacial score (nSPS) is 16.8. The molecule has 1 amide bonds. The van der Waals surface area contributed by atoms with Crippen LogP contribution < -0.4 is 16.0 Å². The van der Waals surface area contributed by atoms with Crippen LogP contribution in [-0.4, -0.2) is 33.9 Å². The minimum atomic E-state index is -0.230. The lowest BCUT2D eigenvalue weighted by atomic mass is 9.98. The Morgan fingerprint density at radius 2 is 2.18 bits per heavy atom. The molecule has 8 heteroatoms. The molecule has 4 heterocycles. The van der Waals surface area contributed by atoms with Gasteiger partial charge in [0.05, 0.1) is 16.5 Å². The van der Waals surface area contributed by atoms with Crippen molar-refractivity contribution in [2.75, 3.05) is 23.3 Å². The average Bonchev–Trinajstić information content (AvgIpc) is 3.19. The highest BCUT2D eigenvalue weighted by atomic mass is 32.1. The van der Waals surface area contributed by atoms with Gasteiger partial charge in [-0.25, -0.2) is 15.0 Å². The molecule has 1 aliphatic heterocycles. The van der Waals surface area contributed by atoms with E-state index in [4.69, 9.17) is 10.7 Å². The second-order valence-electron chi connectivity index (χ2n) is 6.95. The molecule has 3 aromatic heterocycles. The van der Waals surface area contributed by atoms with E-state index >= 15 is 0 Å². The second-order valence-corrected chi connectivity index (χ2v) is 7.96. The molecular formula is C20H22N6OS. The van der Waals surface area contributed by atoms with Crippen molar-refractivity contribution in [3.05, 3.63) is 48.3 Å². The largest absolute Gasteiger partial charge is 0.369 e. The van der Waals surface area contributed by atoms with Crippen LogP contribution >= 0.6 is 11.3 Å². The molecule has 0 radical (unpaired) electrons. The number of rotatable bonds is 5. The molecule has 1 fully saturated rings. The Morgan fingerprint density at radius 3 is 3.00 bits per heavy atom. The van der Waals surface area contributed by atoms with Crippen LogP contribution in [0.25, 0.3) is 10.6 Å². The van der Waals surface area contributed by atoms with Crippen molar-refractivity contribution in [2.45, 2.75) is 19.8 Å². The topological polar surface area (TPSA) is 97.0 Å². The van der Waals surface area contributed by atoms with E-state index in [0.29, 0.717) is 6.54 Å². The average molecular weight is 395 g/mol. The van der Waals surface area contributed by atoms with Crippen molar-refractivity contribution >= 4 is 34.0 Å². The monoisotopic (exact) mass is 394 g/mol. The van der Waals surface area contributed by atoms with Gasteiger partial charge >= 0.3 is 0 Å². The van der Waals surface area contributed by atoms with E-state index in [-0.39, 0.29) is 11.8 Å². The number of nitrogens with one attached hydrogen (secondary N) is 1. The molecule has 1 atom stereocenters. The third-order valence-corrected chi connectivity index (χ3v) is 5.84. The van der Waals surface area contributed by atoms with Crippen LogP contribution in [0.4, 0.5) is 16.8 Å². The summed E-state index contributed by atoms with van der Waals surface area (Å²) in [5.74, 6) is 1.16. The van der Waals surface area contributed by atoms with Crippen molar-refractivity contribution in [1.29, 1.82) is 0 Å². The van der Waals surface area contributed by atoms with Gasteiger partial charge in [-0.15, -0.1) is 0 Å². The molecule has 1 saturated heterocycles. The number of pyridine rings is 2. The number of aromatic nitrogens is 3. The van der Waals surface area contributed by atoms with Crippen molar-refractivity contribution < 1.29 is 4.79 Å². The Labute approximate surface area is 167 Å². The van der Waals surface area contributed by atoms with E-state index in [1.165, 1.54) is 0 Å². The van der Waals surface area contributed by atoms with Gasteiger partial charge in [-0.2, -0.15) is 0 Å². The third kappa shape index (κ3) is 4.12. The number of hydrogen-bond acceptors (Lipinski definition) is 7. The number of carbonyl (C=O) groups excluding carboxylic acids is 1. The molecule has 3 aromatic rings. The highest BCUT2D eigenvalue weighted by molar-refractivity contribution is 7.18. The van der Waals surface area contributed by atoms with Crippen molar-refractivity contribution in [2.24, 2.45) is 11.7 Å². The second kappa shape index (κ2) is 7.93. The summed E-state index contributed by atoms with van der Waals surface area (Å²) in [5.41, 5.74) is 7.48. The molecule has 0 aromatic carbocycles. The number of aryl methyl sites for hydroxylation is 1. The van der Waals surface area contributed by atoms with Gasteiger partial charge in [-0.05, 0) is 49.6 Å². The maximum Gasteiger partial charge on any atom is 0.222 e. The Hall–Kier alpha value is -3.00. The van der Waals surface area contributed by atoms with E-state index in [9.17, 15) is 4.79 Å². The van der Waals surface area contributed by atoms with Gasteiger partial charge in [0.15, 0.2) is 5.13 Å². The number of piperidine rings is 1. The molecule has 0 spiro atoms. The van der Waals surface area contributed by atoms with Crippen LogP contribution in [-0.2, 0) is 4.79 Å². The van der Waals surface area contributed by atoms with Crippen molar-refractivity contribution in [3.63, 3.8) is 0 Å². The molecule has 4 rings (SSSR count). The maximum atomic E-state index is 11.5. The van der Waals surface area contributed by atoms with Gasteiger partial charge in [-0.1, -0.05) is 17.4 Å². The van der Waals surface area contributed by atoms with Crippen LogP contribution in [0, 0.1) is 12.8 Å². The predicted octanol–water partition coefficient (Wildman–Crippen LogP) is 3.35. The highest BCUT2D eigenvalue weighted by Gasteiger charge is 2.25. The third-order valence-electron chi connectivity index (χ3n) is 4.76. The fourth-order valence-electron chi connectivity index (χ4n) is 3.29. The van der Waals surface area contributed by atoms with E-state index in [1.54, 1.807) is 17.5 Å². The quantitative estimate of drug-likeness (QED) is 0.689. The molecule has 0 unspecified atom stereocenters. The van der Waals surface area contributed by atoms with E-state index in [0.717, 1.165) is 52.3 Å². The fraction of sp³-hybridized carbons (Fsp3) is 0.300. The number of nitrogens with two attached hydrogens (primary N) is 1. The van der Waals surface area contributed by atoms with E-state index in [1.807, 2.05) is 43.5 Å². The fourth-order valence-corrected chi connectivity index (χ4v) is 4.21.